The lowest BCUT2D eigenvalue weighted by Crippen LogP contribution is -2.27. The van der Waals surface area contributed by atoms with Gasteiger partial charge >= 0.3 is 0 Å². The molecule has 1 aromatic heterocycles. The summed E-state index contributed by atoms with van der Waals surface area (Å²) in [6, 6.07) is 14.9. The Morgan fingerprint density at radius 2 is 1.61 bits per heavy atom. The number of anilines is 1. The summed E-state index contributed by atoms with van der Waals surface area (Å²) < 4.78 is 26.4. The smallest absolute Gasteiger partial charge is 0.200 e. The molecule has 8 heteroatoms. The molecular weight excluding hydrogens is 396 g/mol. The van der Waals surface area contributed by atoms with Crippen molar-refractivity contribution in [3.05, 3.63) is 59.2 Å². The van der Waals surface area contributed by atoms with Crippen molar-refractivity contribution in [2.24, 2.45) is 0 Å². The Bertz CT molecular complexity index is 1140. The van der Waals surface area contributed by atoms with Crippen molar-refractivity contribution in [3.8, 4) is 6.07 Å². The first-order valence-electron chi connectivity index (χ1n) is 8.83. The summed E-state index contributed by atoms with van der Waals surface area (Å²) in [7, 11) is -4.01. The number of para-hydroxylation sites is 2. The van der Waals surface area contributed by atoms with E-state index in [2.05, 4.69) is 9.97 Å². The molecule has 0 radical (unpaired) electrons. The van der Waals surface area contributed by atoms with Crippen LogP contribution in [-0.2, 0) is 9.84 Å². The van der Waals surface area contributed by atoms with Gasteiger partial charge in [-0.15, -0.1) is 0 Å². The number of hydrogen-bond acceptors (Lipinski definition) is 6. The first-order valence-corrected chi connectivity index (χ1v) is 10.8. The van der Waals surface area contributed by atoms with Gasteiger partial charge in [-0.05, 0) is 50.2 Å². The number of nitrogens with zero attached hydrogens (tertiary/aromatic N) is 4. The van der Waals surface area contributed by atoms with Gasteiger partial charge in [0, 0.05) is 18.1 Å². The van der Waals surface area contributed by atoms with Gasteiger partial charge in [0.2, 0.25) is 9.84 Å². The summed E-state index contributed by atoms with van der Waals surface area (Å²) in [5.41, 5.74) is 1.33. The van der Waals surface area contributed by atoms with Crippen molar-refractivity contribution in [2.75, 3.05) is 18.0 Å². The monoisotopic (exact) mass is 414 g/mol. The van der Waals surface area contributed by atoms with Crippen LogP contribution in [0.25, 0.3) is 11.0 Å². The predicted octanol–water partition coefficient (Wildman–Crippen LogP) is 4.17. The Hall–Kier alpha value is -2.69. The molecule has 2 aromatic carbocycles. The van der Waals surface area contributed by atoms with E-state index in [4.69, 9.17) is 11.6 Å². The maximum atomic E-state index is 13.2. The highest BCUT2D eigenvalue weighted by Crippen LogP contribution is 2.34. The zero-order valence-electron chi connectivity index (χ0n) is 15.5. The third-order valence-electron chi connectivity index (χ3n) is 4.46. The zero-order valence-corrected chi connectivity index (χ0v) is 17.1. The van der Waals surface area contributed by atoms with Crippen LogP contribution in [0.4, 0.5) is 5.82 Å². The van der Waals surface area contributed by atoms with E-state index in [1.54, 1.807) is 12.1 Å². The summed E-state index contributed by atoms with van der Waals surface area (Å²) in [5.74, 6) is 0.410. The van der Waals surface area contributed by atoms with E-state index >= 15 is 0 Å². The third-order valence-corrected chi connectivity index (χ3v) is 6.59. The quantitative estimate of drug-likeness (QED) is 0.601. The highest BCUT2D eigenvalue weighted by Gasteiger charge is 2.34. The molecule has 0 unspecified atom stereocenters. The van der Waals surface area contributed by atoms with Crippen LogP contribution in [0.5, 0.6) is 0 Å². The van der Waals surface area contributed by atoms with E-state index in [0.717, 1.165) is 0 Å². The molecule has 3 aromatic rings. The molecule has 0 bridgehead atoms. The van der Waals surface area contributed by atoms with Crippen molar-refractivity contribution in [1.29, 1.82) is 5.26 Å². The second-order valence-electron chi connectivity index (χ2n) is 6.10. The fraction of sp³-hybridized carbons (Fsp3) is 0.250. The Morgan fingerprint density at radius 1 is 1.04 bits per heavy atom. The molecule has 0 saturated heterocycles. The van der Waals surface area contributed by atoms with Crippen molar-refractivity contribution in [3.63, 3.8) is 0 Å². The number of hydrogen-bond donors (Lipinski definition) is 0. The van der Waals surface area contributed by atoms with Crippen LogP contribution in [0.2, 0.25) is 5.02 Å². The second kappa shape index (κ2) is 8.13. The topological polar surface area (TPSA) is 86.9 Å². The molecule has 0 aliphatic carbocycles. The minimum atomic E-state index is -4.01. The van der Waals surface area contributed by atoms with Gasteiger partial charge in [0.25, 0.3) is 0 Å². The average molecular weight is 415 g/mol. The largest absolute Gasteiger partial charge is 0.356 e. The first kappa shape index (κ1) is 20.1. The molecule has 0 N–H and O–H groups in total. The van der Waals surface area contributed by atoms with E-state index in [1.165, 1.54) is 24.3 Å². The molecule has 0 aliphatic heterocycles. The Balaban J connectivity index is 2.25. The number of nitriles is 1. The maximum absolute atomic E-state index is 13.2. The Morgan fingerprint density at radius 3 is 2.14 bits per heavy atom. The molecule has 144 valence electrons. The van der Waals surface area contributed by atoms with Crippen LogP contribution in [0.1, 0.15) is 24.8 Å². The molecule has 0 saturated carbocycles. The summed E-state index contributed by atoms with van der Waals surface area (Å²) in [6.07, 6.45) is 0. The van der Waals surface area contributed by atoms with Gasteiger partial charge in [0.05, 0.1) is 22.0 Å². The minimum Gasteiger partial charge on any atom is -0.356 e. The number of aromatic nitrogens is 2. The number of benzene rings is 2. The van der Waals surface area contributed by atoms with Gasteiger partial charge < -0.3 is 4.90 Å². The maximum Gasteiger partial charge on any atom is 0.200 e. The highest BCUT2D eigenvalue weighted by molar-refractivity contribution is 7.92. The van der Waals surface area contributed by atoms with E-state index in [0.29, 0.717) is 35.0 Å². The standard InChI is InChI=1S/C20H19ClN4O2S/c1-3-25(4-2)20-19(23-16-7-5-6-8-17(16)24-20)18(13-22)28(26,27)15-11-9-14(21)10-12-15/h5-12,18H,3-4H2,1-2H3/t18-/m0/s1. The van der Waals surface area contributed by atoms with Crippen LogP contribution >= 0.6 is 11.6 Å². The normalized spacial score (nSPS) is 12.5. The van der Waals surface area contributed by atoms with Crippen LogP contribution in [-0.4, -0.2) is 31.5 Å². The van der Waals surface area contributed by atoms with Gasteiger partial charge in [0.15, 0.2) is 11.1 Å². The summed E-state index contributed by atoms with van der Waals surface area (Å²) in [6.45, 7) is 5.10. The van der Waals surface area contributed by atoms with Crippen molar-refractivity contribution in [2.45, 2.75) is 24.0 Å². The molecule has 3 rings (SSSR count). The number of rotatable bonds is 6. The molecule has 0 spiro atoms. The van der Waals surface area contributed by atoms with E-state index in [1.807, 2.05) is 36.9 Å². The van der Waals surface area contributed by atoms with Crippen LogP contribution in [0.15, 0.2) is 53.4 Å². The van der Waals surface area contributed by atoms with Gasteiger partial charge in [-0.3, -0.25) is 0 Å². The molecule has 0 aliphatic rings. The van der Waals surface area contributed by atoms with E-state index in [-0.39, 0.29) is 10.6 Å². The number of fused-ring (bicyclic) bond motifs is 1. The van der Waals surface area contributed by atoms with Gasteiger partial charge in [-0.1, -0.05) is 23.7 Å². The van der Waals surface area contributed by atoms with Crippen LogP contribution in [0, 0.1) is 11.3 Å². The lowest BCUT2D eigenvalue weighted by atomic mass is 10.2. The summed E-state index contributed by atoms with van der Waals surface area (Å²) in [5, 5.41) is 8.75. The second-order valence-corrected chi connectivity index (χ2v) is 8.57. The third kappa shape index (κ3) is 3.66. The average Bonchev–Trinajstić information content (AvgIpc) is 2.69. The van der Waals surface area contributed by atoms with E-state index in [9.17, 15) is 13.7 Å². The predicted molar refractivity (Wildman–Crippen MR) is 110 cm³/mol. The summed E-state index contributed by atoms with van der Waals surface area (Å²) in [4.78, 5) is 11.1. The van der Waals surface area contributed by atoms with Crippen LogP contribution < -0.4 is 4.90 Å². The highest BCUT2D eigenvalue weighted by atomic mass is 35.5. The molecule has 0 amide bonds. The van der Waals surface area contributed by atoms with Crippen molar-refractivity contribution in [1.82, 2.24) is 9.97 Å². The first-order chi connectivity index (χ1) is 13.4. The van der Waals surface area contributed by atoms with E-state index < -0.39 is 15.1 Å². The SMILES string of the molecule is CCN(CC)c1nc2ccccc2nc1[C@H](C#N)S(=O)(=O)c1ccc(Cl)cc1. The molecule has 1 heterocycles. The van der Waals surface area contributed by atoms with Gasteiger partial charge in [-0.25, -0.2) is 18.4 Å². The molecular formula is C20H19ClN4O2S. The molecule has 6 nitrogen and oxygen atoms in total. The Labute approximate surface area is 169 Å². The summed E-state index contributed by atoms with van der Waals surface area (Å²) >= 11 is 5.87. The van der Waals surface area contributed by atoms with Gasteiger partial charge in [0.1, 0.15) is 5.69 Å². The molecule has 1 atom stereocenters. The lowest BCUT2D eigenvalue weighted by Gasteiger charge is -2.24. The molecule has 0 fully saturated rings. The van der Waals surface area contributed by atoms with Crippen LogP contribution in [0.3, 0.4) is 0 Å². The lowest BCUT2D eigenvalue weighted by molar-refractivity contribution is 0.590. The molecule has 28 heavy (non-hydrogen) atoms. The number of sulfone groups is 1. The van der Waals surface area contributed by atoms with Gasteiger partial charge in [-0.2, -0.15) is 5.26 Å². The Kier molecular flexibility index (Phi) is 5.82. The van der Waals surface area contributed by atoms with Crippen molar-refractivity contribution >= 4 is 38.3 Å². The fourth-order valence-corrected chi connectivity index (χ4v) is 4.48. The minimum absolute atomic E-state index is 0.0175. The zero-order chi connectivity index (χ0) is 20.3. The fourth-order valence-electron chi connectivity index (χ4n) is 2.97. The number of halogens is 1. The van der Waals surface area contributed by atoms with Crippen molar-refractivity contribution < 1.29 is 8.42 Å².